The Labute approximate surface area is 121 Å². The van der Waals surface area contributed by atoms with E-state index in [1.54, 1.807) is 9.36 Å². The van der Waals surface area contributed by atoms with Crippen molar-refractivity contribution in [2.45, 2.75) is 26.3 Å². The Hall–Kier alpha value is -2.77. The number of hydrogen-bond donors (Lipinski definition) is 1. The molecular weight excluding hydrogens is 268 g/mol. The number of anilines is 1. The molecule has 0 saturated heterocycles. The molecule has 0 atom stereocenters. The summed E-state index contributed by atoms with van der Waals surface area (Å²) in [5, 5.41) is 19.9. The van der Waals surface area contributed by atoms with E-state index in [-0.39, 0.29) is 0 Å². The van der Waals surface area contributed by atoms with Crippen molar-refractivity contribution in [3.8, 4) is 5.69 Å². The van der Waals surface area contributed by atoms with Gasteiger partial charge in [0.1, 0.15) is 6.54 Å². The number of nitrogens with zero attached hydrogens (tertiary/aromatic N) is 7. The first-order chi connectivity index (χ1) is 10.3. The Morgan fingerprint density at radius 3 is 2.67 bits per heavy atom. The molecule has 0 radical (unpaired) electrons. The maximum atomic E-state index is 5.85. The van der Waals surface area contributed by atoms with E-state index in [4.69, 9.17) is 5.73 Å². The van der Waals surface area contributed by atoms with Gasteiger partial charge >= 0.3 is 0 Å². The zero-order valence-corrected chi connectivity index (χ0v) is 11.7. The minimum absolute atomic E-state index is 0.432. The lowest BCUT2D eigenvalue weighted by molar-refractivity contribution is 0.581. The van der Waals surface area contributed by atoms with Gasteiger partial charge < -0.3 is 5.73 Å². The van der Waals surface area contributed by atoms with Crippen molar-refractivity contribution in [3.63, 3.8) is 0 Å². The number of hydrogen-bond acceptors (Lipinski definition) is 6. The molecule has 0 bridgehead atoms. The van der Waals surface area contributed by atoms with Crippen molar-refractivity contribution in [2.75, 3.05) is 5.73 Å². The molecule has 0 unspecified atom stereocenters. The number of para-hydroxylation sites is 1. The summed E-state index contributed by atoms with van der Waals surface area (Å²) in [6.45, 7) is 2.52. The average molecular weight is 284 g/mol. The zero-order valence-electron chi connectivity index (χ0n) is 11.7. The standard InChI is InChI=1S/C13H16N8/c1-2-6-11-13(14)16-18-20(11)9-12-15-17-19-21(12)10-7-4-3-5-8-10/h3-5,7-8H,2,6,9,14H2,1H3. The van der Waals surface area contributed by atoms with Crippen molar-refractivity contribution in [2.24, 2.45) is 0 Å². The molecule has 0 fully saturated rings. The predicted octanol–water partition coefficient (Wildman–Crippen LogP) is 0.837. The maximum Gasteiger partial charge on any atom is 0.178 e. The van der Waals surface area contributed by atoms with Crippen LogP contribution in [0.5, 0.6) is 0 Å². The molecule has 2 heterocycles. The van der Waals surface area contributed by atoms with Crippen molar-refractivity contribution in [1.82, 2.24) is 35.2 Å². The average Bonchev–Trinajstić information content (AvgIpc) is 3.10. The lowest BCUT2D eigenvalue weighted by Crippen LogP contribution is -2.12. The first-order valence-electron chi connectivity index (χ1n) is 6.80. The lowest BCUT2D eigenvalue weighted by atomic mass is 10.2. The summed E-state index contributed by atoms with van der Waals surface area (Å²) in [4.78, 5) is 0. The van der Waals surface area contributed by atoms with Gasteiger partial charge in [-0.05, 0) is 29.0 Å². The van der Waals surface area contributed by atoms with Gasteiger partial charge in [0.15, 0.2) is 11.6 Å². The molecule has 8 heteroatoms. The van der Waals surface area contributed by atoms with Crippen LogP contribution in [-0.2, 0) is 13.0 Å². The quantitative estimate of drug-likeness (QED) is 0.745. The van der Waals surface area contributed by atoms with E-state index in [0.717, 1.165) is 24.2 Å². The van der Waals surface area contributed by atoms with Gasteiger partial charge in [-0.15, -0.1) is 10.2 Å². The van der Waals surface area contributed by atoms with Crippen LogP contribution < -0.4 is 5.73 Å². The normalized spacial score (nSPS) is 10.9. The van der Waals surface area contributed by atoms with Crippen LogP contribution in [0, 0.1) is 0 Å². The SMILES string of the molecule is CCCc1c(N)nnn1Cc1nnnn1-c1ccccc1. The Kier molecular flexibility index (Phi) is 3.59. The van der Waals surface area contributed by atoms with Crippen LogP contribution in [0.25, 0.3) is 5.69 Å². The first-order valence-corrected chi connectivity index (χ1v) is 6.80. The number of rotatable bonds is 5. The Morgan fingerprint density at radius 1 is 1.10 bits per heavy atom. The molecule has 1 aromatic carbocycles. The molecule has 2 aromatic heterocycles. The predicted molar refractivity (Wildman–Crippen MR) is 76.7 cm³/mol. The first kappa shape index (κ1) is 13.2. The highest BCUT2D eigenvalue weighted by atomic mass is 15.6. The Morgan fingerprint density at radius 2 is 1.90 bits per heavy atom. The fourth-order valence-corrected chi connectivity index (χ4v) is 2.18. The van der Waals surface area contributed by atoms with Crippen LogP contribution in [0.4, 0.5) is 5.82 Å². The van der Waals surface area contributed by atoms with Gasteiger partial charge in [-0.1, -0.05) is 36.8 Å². The van der Waals surface area contributed by atoms with E-state index in [1.807, 2.05) is 30.3 Å². The molecule has 0 saturated carbocycles. The Bertz CT molecular complexity index is 715. The molecule has 0 spiro atoms. The van der Waals surface area contributed by atoms with E-state index in [1.165, 1.54) is 0 Å². The highest BCUT2D eigenvalue weighted by molar-refractivity contribution is 5.34. The summed E-state index contributed by atoms with van der Waals surface area (Å²) >= 11 is 0. The van der Waals surface area contributed by atoms with E-state index in [2.05, 4.69) is 32.8 Å². The van der Waals surface area contributed by atoms with Crippen molar-refractivity contribution < 1.29 is 0 Å². The molecule has 0 aliphatic rings. The number of nitrogens with two attached hydrogens (primary N) is 1. The minimum Gasteiger partial charge on any atom is -0.381 e. The lowest BCUT2D eigenvalue weighted by Gasteiger charge is -2.06. The highest BCUT2D eigenvalue weighted by Gasteiger charge is 2.14. The fraction of sp³-hybridized carbons (Fsp3) is 0.308. The van der Waals surface area contributed by atoms with E-state index in [9.17, 15) is 0 Å². The second-order valence-corrected chi connectivity index (χ2v) is 4.67. The maximum absolute atomic E-state index is 5.85. The largest absolute Gasteiger partial charge is 0.381 e. The summed E-state index contributed by atoms with van der Waals surface area (Å²) in [7, 11) is 0. The second-order valence-electron chi connectivity index (χ2n) is 4.67. The van der Waals surface area contributed by atoms with E-state index < -0.39 is 0 Å². The molecule has 21 heavy (non-hydrogen) atoms. The molecule has 2 N–H and O–H groups in total. The van der Waals surface area contributed by atoms with Crippen LogP contribution in [0.2, 0.25) is 0 Å². The fourth-order valence-electron chi connectivity index (χ4n) is 2.18. The summed E-state index contributed by atoms with van der Waals surface area (Å²) < 4.78 is 3.44. The van der Waals surface area contributed by atoms with Crippen LogP contribution in [0.15, 0.2) is 30.3 Å². The third kappa shape index (κ3) is 2.60. The zero-order chi connectivity index (χ0) is 14.7. The third-order valence-corrected chi connectivity index (χ3v) is 3.18. The summed E-state index contributed by atoms with van der Waals surface area (Å²) in [6, 6.07) is 9.73. The minimum atomic E-state index is 0.432. The molecule has 0 amide bonds. The van der Waals surface area contributed by atoms with Gasteiger partial charge in [0.05, 0.1) is 11.4 Å². The number of nitrogen functional groups attached to an aromatic ring is 1. The summed E-state index contributed by atoms with van der Waals surface area (Å²) in [5.41, 5.74) is 7.67. The van der Waals surface area contributed by atoms with Crippen LogP contribution in [0.3, 0.4) is 0 Å². The van der Waals surface area contributed by atoms with Crippen LogP contribution in [-0.4, -0.2) is 35.2 Å². The molecule has 0 aliphatic heterocycles. The molecule has 0 aliphatic carbocycles. The number of benzene rings is 1. The topological polar surface area (TPSA) is 100 Å². The molecule has 3 aromatic rings. The van der Waals surface area contributed by atoms with Crippen LogP contribution in [0.1, 0.15) is 24.9 Å². The van der Waals surface area contributed by atoms with Crippen molar-refractivity contribution in [3.05, 3.63) is 41.9 Å². The third-order valence-electron chi connectivity index (χ3n) is 3.18. The van der Waals surface area contributed by atoms with Gasteiger partial charge in [-0.25, -0.2) is 4.68 Å². The van der Waals surface area contributed by atoms with Gasteiger partial charge in [0.25, 0.3) is 0 Å². The van der Waals surface area contributed by atoms with Crippen LogP contribution >= 0.6 is 0 Å². The van der Waals surface area contributed by atoms with Crippen molar-refractivity contribution >= 4 is 5.82 Å². The van der Waals surface area contributed by atoms with Gasteiger partial charge in [0, 0.05) is 0 Å². The monoisotopic (exact) mass is 284 g/mol. The summed E-state index contributed by atoms with van der Waals surface area (Å²) in [6.07, 6.45) is 1.80. The van der Waals surface area contributed by atoms with Gasteiger partial charge in [-0.3, -0.25) is 0 Å². The van der Waals surface area contributed by atoms with Crippen molar-refractivity contribution in [1.29, 1.82) is 0 Å². The molecular formula is C13H16N8. The summed E-state index contributed by atoms with van der Waals surface area (Å²) in [5.74, 6) is 1.15. The molecule has 108 valence electrons. The molecule has 8 nitrogen and oxygen atoms in total. The number of aromatic nitrogens is 7. The smallest absolute Gasteiger partial charge is 0.178 e. The molecule has 3 rings (SSSR count). The van der Waals surface area contributed by atoms with Gasteiger partial charge in [-0.2, -0.15) is 4.68 Å². The van der Waals surface area contributed by atoms with Gasteiger partial charge in [0.2, 0.25) is 0 Å². The second kappa shape index (κ2) is 5.70. The Balaban J connectivity index is 1.92. The highest BCUT2D eigenvalue weighted by Crippen LogP contribution is 2.13. The van der Waals surface area contributed by atoms with E-state index >= 15 is 0 Å². The number of tetrazole rings is 1. The van der Waals surface area contributed by atoms with E-state index in [0.29, 0.717) is 18.2 Å².